The minimum absolute atomic E-state index is 0. The molecule has 0 bridgehead atoms. The molecule has 1 aromatic rings. The molecular formula is C16H28IN3O2. The van der Waals surface area contributed by atoms with Crippen LogP contribution in [0.5, 0.6) is 5.75 Å². The number of nitrogens with zero attached hydrogens (tertiary/aromatic N) is 1. The van der Waals surface area contributed by atoms with Gasteiger partial charge in [-0.25, -0.2) is 4.99 Å². The molecule has 0 saturated heterocycles. The Morgan fingerprint density at radius 2 is 2.05 bits per heavy atom. The maximum Gasteiger partial charge on any atom is 0.188 e. The number of ether oxygens (including phenoxy) is 2. The maximum atomic E-state index is 5.83. The molecule has 6 heteroatoms. The number of nitrogens with two attached hydrogens (primary N) is 1. The van der Waals surface area contributed by atoms with E-state index in [0.717, 1.165) is 43.1 Å². The van der Waals surface area contributed by atoms with E-state index < -0.39 is 0 Å². The van der Waals surface area contributed by atoms with Crippen LogP contribution in [0.4, 0.5) is 0 Å². The van der Waals surface area contributed by atoms with Gasteiger partial charge in [0.1, 0.15) is 5.75 Å². The third kappa shape index (κ3) is 8.43. The molecule has 0 fully saturated rings. The normalized spacial score (nSPS) is 11.0. The molecule has 0 aliphatic carbocycles. The van der Waals surface area contributed by atoms with Crippen LogP contribution in [0.15, 0.2) is 23.2 Å². The zero-order chi connectivity index (χ0) is 15.5. The van der Waals surface area contributed by atoms with Crippen molar-refractivity contribution in [1.29, 1.82) is 0 Å². The first-order chi connectivity index (χ1) is 10.2. The average molecular weight is 421 g/mol. The van der Waals surface area contributed by atoms with E-state index in [1.807, 2.05) is 32.9 Å². The van der Waals surface area contributed by atoms with Crippen molar-refractivity contribution in [3.05, 3.63) is 29.3 Å². The lowest BCUT2D eigenvalue weighted by Crippen LogP contribution is -2.32. The van der Waals surface area contributed by atoms with Gasteiger partial charge < -0.3 is 20.5 Å². The lowest BCUT2D eigenvalue weighted by Gasteiger charge is -2.09. The Balaban J connectivity index is 0.00000441. The van der Waals surface area contributed by atoms with Crippen LogP contribution in [-0.4, -0.2) is 32.3 Å². The monoisotopic (exact) mass is 421 g/mol. The molecule has 0 radical (unpaired) electrons. The van der Waals surface area contributed by atoms with E-state index in [4.69, 9.17) is 15.2 Å². The van der Waals surface area contributed by atoms with Gasteiger partial charge in [-0.3, -0.25) is 0 Å². The van der Waals surface area contributed by atoms with E-state index in [2.05, 4.69) is 16.4 Å². The van der Waals surface area contributed by atoms with Crippen LogP contribution < -0.4 is 15.8 Å². The molecular weight excluding hydrogens is 393 g/mol. The second-order valence-corrected chi connectivity index (χ2v) is 4.71. The molecule has 1 aromatic carbocycles. The third-order valence-corrected chi connectivity index (χ3v) is 2.95. The highest BCUT2D eigenvalue weighted by Gasteiger charge is 2.00. The number of aliphatic imine (C=N–C) groups is 1. The number of nitrogens with one attached hydrogen (secondary N) is 1. The molecule has 0 aliphatic rings. The molecule has 0 saturated carbocycles. The van der Waals surface area contributed by atoms with Crippen LogP contribution in [0.1, 0.15) is 31.4 Å². The minimum Gasteiger partial charge on any atom is -0.494 e. The second-order valence-electron chi connectivity index (χ2n) is 4.71. The van der Waals surface area contributed by atoms with Gasteiger partial charge in [0.15, 0.2) is 5.96 Å². The predicted molar refractivity (Wildman–Crippen MR) is 102 cm³/mol. The summed E-state index contributed by atoms with van der Waals surface area (Å²) in [4.78, 5) is 4.33. The molecule has 0 amide bonds. The molecule has 1 rings (SSSR count). The molecule has 0 heterocycles. The predicted octanol–water partition coefficient (Wildman–Crippen LogP) is 2.84. The summed E-state index contributed by atoms with van der Waals surface area (Å²) in [5.74, 6) is 1.39. The average Bonchev–Trinajstić information content (AvgIpc) is 2.47. The molecule has 0 spiro atoms. The Labute approximate surface area is 150 Å². The van der Waals surface area contributed by atoms with Gasteiger partial charge in [-0.05, 0) is 44.4 Å². The highest BCUT2D eigenvalue weighted by molar-refractivity contribution is 14.0. The highest BCUT2D eigenvalue weighted by Crippen LogP contribution is 2.19. The maximum absolute atomic E-state index is 5.83. The van der Waals surface area contributed by atoms with Gasteiger partial charge in [-0.15, -0.1) is 24.0 Å². The van der Waals surface area contributed by atoms with Gasteiger partial charge in [-0.2, -0.15) is 0 Å². The van der Waals surface area contributed by atoms with Crippen molar-refractivity contribution in [3.63, 3.8) is 0 Å². The fourth-order valence-corrected chi connectivity index (χ4v) is 1.89. The Morgan fingerprint density at radius 3 is 2.68 bits per heavy atom. The van der Waals surface area contributed by atoms with Crippen molar-refractivity contribution in [2.45, 2.75) is 33.7 Å². The summed E-state index contributed by atoms with van der Waals surface area (Å²) < 4.78 is 10.8. The lowest BCUT2D eigenvalue weighted by molar-refractivity contribution is 0.145. The fourth-order valence-electron chi connectivity index (χ4n) is 1.89. The number of hydrogen-bond donors (Lipinski definition) is 2. The van der Waals surface area contributed by atoms with Crippen molar-refractivity contribution < 1.29 is 9.47 Å². The fraction of sp³-hybridized carbons (Fsp3) is 0.562. The summed E-state index contributed by atoms with van der Waals surface area (Å²) in [5.41, 5.74) is 8.06. The number of aryl methyl sites for hydroxylation is 1. The van der Waals surface area contributed by atoms with Gasteiger partial charge in [-0.1, -0.05) is 12.1 Å². The summed E-state index contributed by atoms with van der Waals surface area (Å²) in [5, 5.41) is 3.08. The quantitative estimate of drug-likeness (QED) is 0.279. The molecule has 22 heavy (non-hydrogen) atoms. The minimum atomic E-state index is 0. The highest BCUT2D eigenvalue weighted by atomic mass is 127. The van der Waals surface area contributed by atoms with Crippen LogP contribution in [0, 0.1) is 6.92 Å². The van der Waals surface area contributed by atoms with Crippen molar-refractivity contribution >= 4 is 29.9 Å². The molecule has 3 N–H and O–H groups in total. The molecule has 0 unspecified atom stereocenters. The third-order valence-electron chi connectivity index (χ3n) is 2.95. The lowest BCUT2D eigenvalue weighted by atomic mass is 10.1. The Bertz CT molecular complexity index is 453. The summed E-state index contributed by atoms with van der Waals surface area (Å²) >= 11 is 0. The van der Waals surface area contributed by atoms with Gasteiger partial charge >= 0.3 is 0 Å². The Hall–Kier alpha value is -1.02. The van der Waals surface area contributed by atoms with Crippen molar-refractivity contribution in [2.24, 2.45) is 10.7 Å². The number of guanidine groups is 1. The van der Waals surface area contributed by atoms with Crippen LogP contribution >= 0.6 is 24.0 Å². The van der Waals surface area contributed by atoms with Gasteiger partial charge in [0.2, 0.25) is 0 Å². The zero-order valence-electron chi connectivity index (χ0n) is 13.7. The summed E-state index contributed by atoms with van der Waals surface area (Å²) in [6.45, 7) is 9.52. The first-order valence-electron chi connectivity index (χ1n) is 7.51. The van der Waals surface area contributed by atoms with Crippen LogP contribution in [0.25, 0.3) is 0 Å². The molecule has 126 valence electrons. The zero-order valence-corrected chi connectivity index (χ0v) is 16.1. The number of halogens is 1. The number of rotatable bonds is 9. The largest absolute Gasteiger partial charge is 0.494 e. The smallest absolute Gasteiger partial charge is 0.188 e. The van der Waals surface area contributed by atoms with E-state index in [9.17, 15) is 0 Å². The Morgan fingerprint density at radius 1 is 1.27 bits per heavy atom. The first-order valence-corrected chi connectivity index (χ1v) is 7.51. The number of benzene rings is 1. The number of hydrogen-bond acceptors (Lipinski definition) is 3. The summed E-state index contributed by atoms with van der Waals surface area (Å²) in [7, 11) is 0. The summed E-state index contributed by atoms with van der Waals surface area (Å²) in [6.07, 6.45) is 0.923. The molecule has 0 aromatic heterocycles. The first kappa shape index (κ1) is 21.0. The summed E-state index contributed by atoms with van der Waals surface area (Å²) in [6, 6.07) is 6.08. The van der Waals surface area contributed by atoms with Crippen molar-refractivity contribution in [2.75, 3.05) is 26.4 Å². The van der Waals surface area contributed by atoms with E-state index >= 15 is 0 Å². The second kappa shape index (κ2) is 12.5. The van der Waals surface area contributed by atoms with Crippen molar-refractivity contribution in [1.82, 2.24) is 5.32 Å². The van der Waals surface area contributed by atoms with Crippen LogP contribution in [-0.2, 0) is 11.3 Å². The Kier molecular flexibility index (Phi) is 11.9. The van der Waals surface area contributed by atoms with Crippen LogP contribution in [0.3, 0.4) is 0 Å². The van der Waals surface area contributed by atoms with Gasteiger partial charge in [0.25, 0.3) is 0 Å². The van der Waals surface area contributed by atoms with Crippen LogP contribution in [0.2, 0.25) is 0 Å². The van der Waals surface area contributed by atoms with E-state index in [-0.39, 0.29) is 24.0 Å². The topological polar surface area (TPSA) is 68.9 Å². The van der Waals surface area contributed by atoms with E-state index in [0.29, 0.717) is 19.1 Å². The standard InChI is InChI=1S/C16H27N3O2.HI/c1-4-20-10-6-9-18-16(17)19-12-14-7-8-15(21-5-2)13(3)11-14;/h7-8,11H,4-6,9-10,12H2,1-3H3,(H3,17,18,19);1H. The van der Waals surface area contributed by atoms with Gasteiger partial charge in [0, 0.05) is 19.8 Å². The molecule has 0 atom stereocenters. The van der Waals surface area contributed by atoms with Crippen molar-refractivity contribution in [3.8, 4) is 5.75 Å². The molecule has 5 nitrogen and oxygen atoms in total. The SMILES string of the molecule is CCOCCCNC(N)=NCc1ccc(OCC)c(C)c1.I. The van der Waals surface area contributed by atoms with E-state index in [1.54, 1.807) is 0 Å². The molecule has 0 aliphatic heterocycles. The van der Waals surface area contributed by atoms with Gasteiger partial charge in [0.05, 0.1) is 13.2 Å². The van der Waals surface area contributed by atoms with E-state index in [1.165, 1.54) is 0 Å².